The molecule has 1 fully saturated rings. The van der Waals surface area contributed by atoms with Crippen LogP contribution in [0.5, 0.6) is 0 Å². The Morgan fingerprint density at radius 3 is 2.22 bits per heavy atom. The number of alkyl halides is 5. The minimum absolute atomic E-state index is 0.143. The Bertz CT molecular complexity index is 712. The maximum atomic E-state index is 14.2. The van der Waals surface area contributed by atoms with Crippen molar-refractivity contribution in [2.24, 2.45) is 5.92 Å². The SMILES string of the molecule is O=c1[nH]c(=O)n([C@@H]2C(O)C(O)[C@H](CO)C2(F)F)cc1C(F)(F)F. The second-order valence-corrected chi connectivity index (χ2v) is 5.10. The van der Waals surface area contributed by atoms with E-state index in [0.29, 0.717) is 0 Å². The molecule has 1 aromatic heterocycles. The quantitative estimate of drug-likeness (QED) is 0.517. The summed E-state index contributed by atoms with van der Waals surface area (Å²) in [6.07, 6.45) is -9.87. The van der Waals surface area contributed by atoms with Gasteiger partial charge in [0.15, 0.2) is 0 Å². The standard InChI is InChI=1S/C11H11F5N2O5/c12-10(13)4(2-19)5(20)6(21)7(10)18-1-3(11(14,15)16)8(22)17-9(18)23/h1,4-7,19-21H,2H2,(H,17,22,23)/t4-,5?,6?,7+/m0/s1. The lowest BCUT2D eigenvalue weighted by molar-refractivity contribution is -0.140. The molecule has 1 aromatic rings. The van der Waals surface area contributed by atoms with E-state index in [9.17, 15) is 41.8 Å². The number of rotatable bonds is 2. The minimum Gasteiger partial charge on any atom is -0.396 e. The maximum absolute atomic E-state index is 14.2. The van der Waals surface area contributed by atoms with Crippen molar-refractivity contribution in [1.29, 1.82) is 0 Å². The first-order chi connectivity index (χ1) is 10.4. The number of hydrogen-bond acceptors (Lipinski definition) is 5. The van der Waals surface area contributed by atoms with E-state index in [1.807, 2.05) is 0 Å². The summed E-state index contributed by atoms with van der Waals surface area (Å²) in [5, 5.41) is 28.0. The molecule has 0 spiro atoms. The average Bonchev–Trinajstić information content (AvgIpc) is 2.55. The largest absolute Gasteiger partial charge is 0.423 e. The first-order valence-corrected chi connectivity index (χ1v) is 6.20. The molecule has 0 amide bonds. The van der Waals surface area contributed by atoms with Crippen LogP contribution in [-0.2, 0) is 6.18 Å². The molecule has 0 radical (unpaired) electrons. The molecular weight excluding hydrogens is 335 g/mol. The summed E-state index contributed by atoms with van der Waals surface area (Å²) in [5.41, 5.74) is -5.35. The highest BCUT2D eigenvalue weighted by Crippen LogP contribution is 2.47. The van der Waals surface area contributed by atoms with Gasteiger partial charge in [-0.3, -0.25) is 14.3 Å². The highest BCUT2D eigenvalue weighted by molar-refractivity contribution is 5.13. The maximum Gasteiger partial charge on any atom is 0.423 e. The van der Waals surface area contributed by atoms with Gasteiger partial charge in [0.2, 0.25) is 0 Å². The third-order valence-corrected chi connectivity index (χ3v) is 3.74. The molecule has 1 heterocycles. The number of aromatic nitrogens is 2. The second-order valence-electron chi connectivity index (χ2n) is 5.10. The highest BCUT2D eigenvalue weighted by atomic mass is 19.4. The van der Waals surface area contributed by atoms with Crippen LogP contribution in [0.3, 0.4) is 0 Å². The molecule has 1 aliphatic carbocycles. The number of H-pyrrole nitrogens is 1. The molecule has 2 unspecified atom stereocenters. The summed E-state index contributed by atoms with van der Waals surface area (Å²) in [6.45, 7) is -1.27. The van der Waals surface area contributed by atoms with Gasteiger partial charge in [-0.1, -0.05) is 0 Å². The summed E-state index contributed by atoms with van der Waals surface area (Å²) < 4.78 is 66.2. The Hall–Kier alpha value is -1.79. The summed E-state index contributed by atoms with van der Waals surface area (Å²) in [6, 6.07) is -2.58. The van der Waals surface area contributed by atoms with E-state index >= 15 is 0 Å². The van der Waals surface area contributed by atoms with E-state index in [1.165, 1.54) is 4.98 Å². The molecule has 1 saturated carbocycles. The van der Waals surface area contributed by atoms with E-state index in [-0.39, 0.29) is 10.8 Å². The molecule has 0 aromatic carbocycles. The van der Waals surface area contributed by atoms with E-state index in [4.69, 9.17) is 5.11 Å². The lowest BCUT2D eigenvalue weighted by atomic mass is 10.0. The molecule has 1 aliphatic rings. The molecule has 130 valence electrons. The van der Waals surface area contributed by atoms with E-state index in [0.717, 1.165) is 0 Å². The number of aliphatic hydroxyl groups excluding tert-OH is 3. The number of nitrogens with zero attached hydrogens (tertiary/aromatic N) is 1. The number of hydrogen-bond donors (Lipinski definition) is 4. The zero-order valence-corrected chi connectivity index (χ0v) is 11.1. The van der Waals surface area contributed by atoms with Gasteiger partial charge in [0.1, 0.15) is 17.7 Å². The van der Waals surface area contributed by atoms with Crippen LogP contribution in [0, 0.1) is 5.92 Å². The number of halogens is 5. The van der Waals surface area contributed by atoms with Crippen LogP contribution < -0.4 is 11.2 Å². The van der Waals surface area contributed by atoms with Crippen molar-refractivity contribution in [2.45, 2.75) is 30.3 Å². The predicted octanol–water partition coefficient (Wildman–Crippen LogP) is -0.924. The number of aromatic amines is 1. The van der Waals surface area contributed by atoms with Crippen LogP contribution in [0.2, 0.25) is 0 Å². The third-order valence-electron chi connectivity index (χ3n) is 3.74. The van der Waals surface area contributed by atoms with Gasteiger partial charge >= 0.3 is 11.9 Å². The van der Waals surface area contributed by atoms with Crippen LogP contribution >= 0.6 is 0 Å². The summed E-state index contributed by atoms with van der Waals surface area (Å²) in [7, 11) is 0. The predicted molar refractivity (Wildman–Crippen MR) is 62.9 cm³/mol. The average molecular weight is 346 g/mol. The molecule has 2 rings (SSSR count). The van der Waals surface area contributed by atoms with Crippen LogP contribution in [0.1, 0.15) is 11.6 Å². The second kappa shape index (κ2) is 5.39. The molecule has 0 bridgehead atoms. The zero-order chi connectivity index (χ0) is 17.7. The van der Waals surface area contributed by atoms with Crippen molar-refractivity contribution in [3.63, 3.8) is 0 Å². The third kappa shape index (κ3) is 2.66. The smallest absolute Gasteiger partial charge is 0.396 e. The molecule has 23 heavy (non-hydrogen) atoms. The Kier molecular flexibility index (Phi) is 4.11. The zero-order valence-electron chi connectivity index (χ0n) is 11.1. The molecule has 4 N–H and O–H groups in total. The van der Waals surface area contributed by atoms with Gasteiger partial charge in [0, 0.05) is 6.20 Å². The lowest BCUT2D eigenvalue weighted by Gasteiger charge is -2.25. The molecule has 0 saturated heterocycles. The molecular formula is C11H11F5N2O5. The van der Waals surface area contributed by atoms with Crippen LogP contribution in [0.15, 0.2) is 15.8 Å². The minimum atomic E-state index is -5.23. The van der Waals surface area contributed by atoms with E-state index in [1.54, 1.807) is 0 Å². The monoisotopic (exact) mass is 346 g/mol. The fourth-order valence-corrected chi connectivity index (χ4v) is 2.57. The number of aliphatic hydroxyl groups is 3. The topological polar surface area (TPSA) is 116 Å². The highest BCUT2D eigenvalue weighted by Gasteiger charge is 2.63. The Labute approximate surface area is 123 Å². The van der Waals surface area contributed by atoms with Gasteiger partial charge in [-0.05, 0) is 0 Å². The van der Waals surface area contributed by atoms with Crippen LogP contribution in [-0.4, -0.2) is 49.6 Å². The van der Waals surface area contributed by atoms with Gasteiger partial charge in [-0.25, -0.2) is 13.6 Å². The van der Waals surface area contributed by atoms with Gasteiger partial charge in [-0.15, -0.1) is 0 Å². The molecule has 12 heteroatoms. The summed E-state index contributed by atoms with van der Waals surface area (Å²) >= 11 is 0. The van der Waals surface area contributed by atoms with Gasteiger partial charge in [0.05, 0.1) is 18.6 Å². The summed E-state index contributed by atoms with van der Waals surface area (Å²) in [5.74, 6) is -6.28. The first kappa shape index (κ1) is 17.6. The summed E-state index contributed by atoms with van der Waals surface area (Å²) in [4.78, 5) is 24.0. The van der Waals surface area contributed by atoms with Crippen molar-refractivity contribution in [3.05, 3.63) is 32.6 Å². The van der Waals surface area contributed by atoms with Crippen molar-refractivity contribution in [2.75, 3.05) is 6.61 Å². The first-order valence-electron chi connectivity index (χ1n) is 6.20. The molecule has 0 aliphatic heterocycles. The van der Waals surface area contributed by atoms with Crippen molar-refractivity contribution in [1.82, 2.24) is 9.55 Å². The molecule has 4 atom stereocenters. The Balaban J connectivity index is 2.67. The lowest BCUT2D eigenvalue weighted by Crippen LogP contribution is -2.44. The fraction of sp³-hybridized carbons (Fsp3) is 0.636. The van der Waals surface area contributed by atoms with Crippen LogP contribution in [0.25, 0.3) is 0 Å². The van der Waals surface area contributed by atoms with Crippen molar-refractivity contribution in [3.8, 4) is 0 Å². The fourth-order valence-electron chi connectivity index (χ4n) is 2.57. The normalized spacial score (nSPS) is 30.6. The Morgan fingerprint density at radius 1 is 1.22 bits per heavy atom. The van der Waals surface area contributed by atoms with Crippen molar-refractivity contribution < 1.29 is 37.3 Å². The Morgan fingerprint density at radius 2 is 1.78 bits per heavy atom. The van der Waals surface area contributed by atoms with E-state index in [2.05, 4.69) is 0 Å². The van der Waals surface area contributed by atoms with Crippen molar-refractivity contribution >= 4 is 0 Å². The molecule has 7 nitrogen and oxygen atoms in total. The van der Waals surface area contributed by atoms with Gasteiger partial charge in [-0.2, -0.15) is 13.2 Å². The van der Waals surface area contributed by atoms with Crippen LogP contribution in [0.4, 0.5) is 22.0 Å². The van der Waals surface area contributed by atoms with E-state index < -0.39 is 59.7 Å². The van der Waals surface area contributed by atoms with Gasteiger partial charge < -0.3 is 15.3 Å². The van der Waals surface area contributed by atoms with Gasteiger partial charge in [0.25, 0.3) is 11.5 Å². The number of nitrogens with one attached hydrogen (secondary N) is 1.